The molecule has 0 heterocycles. The smallest absolute Gasteiger partial charge is 0.297 e. The van der Waals surface area contributed by atoms with Gasteiger partial charge in [0.2, 0.25) is 10.0 Å². The monoisotopic (exact) mass is 366 g/mol. The number of nitro groups is 1. The third-order valence-electron chi connectivity index (χ3n) is 3.37. The van der Waals surface area contributed by atoms with E-state index < -0.39 is 21.6 Å². The molecule has 0 amide bonds. The van der Waals surface area contributed by atoms with Crippen molar-refractivity contribution in [3.63, 3.8) is 0 Å². The van der Waals surface area contributed by atoms with E-state index in [4.69, 9.17) is 5.73 Å². The lowest BCUT2D eigenvalue weighted by atomic mass is 10.1. The first kappa shape index (κ1) is 18.6. The zero-order chi connectivity index (χ0) is 18.4. The van der Waals surface area contributed by atoms with Gasteiger partial charge in [-0.1, -0.05) is 18.2 Å². The van der Waals surface area contributed by atoms with Gasteiger partial charge in [-0.15, -0.1) is 0 Å². The number of nitrogens with one attached hydrogen (secondary N) is 2. The average Bonchev–Trinajstić information content (AvgIpc) is 2.58. The van der Waals surface area contributed by atoms with Crippen molar-refractivity contribution in [2.24, 2.45) is 0 Å². The van der Waals surface area contributed by atoms with E-state index in [2.05, 4.69) is 10.0 Å². The van der Waals surface area contributed by atoms with Gasteiger partial charge in [0.25, 0.3) is 5.69 Å². The minimum absolute atomic E-state index is 0.0797. The largest absolute Gasteiger partial charge is 0.393 e. The van der Waals surface area contributed by atoms with Crippen molar-refractivity contribution in [2.45, 2.75) is 11.5 Å². The Hall–Kier alpha value is -2.69. The van der Waals surface area contributed by atoms with Gasteiger partial charge in [0.15, 0.2) is 0 Å². The van der Waals surface area contributed by atoms with E-state index >= 15 is 0 Å². The maximum absolute atomic E-state index is 12.1. The molecule has 9 nitrogen and oxygen atoms in total. The van der Waals surface area contributed by atoms with Crippen LogP contribution in [-0.4, -0.2) is 31.5 Å². The van der Waals surface area contributed by atoms with Crippen LogP contribution in [0.4, 0.5) is 17.1 Å². The molecule has 0 aliphatic heterocycles. The predicted molar refractivity (Wildman–Crippen MR) is 93.6 cm³/mol. The summed E-state index contributed by atoms with van der Waals surface area (Å²) < 4.78 is 26.5. The molecule has 0 saturated heterocycles. The molecule has 2 aromatic carbocycles. The van der Waals surface area contributed by atoms with E-state index in [0.29, 0.717) is 5.69 Å². The summed E-state index contributed by atoms with van der Waals surface area (Å²) in [6, 6.07) is 10.7. The second-order valence-corrected chi connectivity index (χ2v) is 6.89. The summed E-state index contributed by atoms with van der Waals surface area (Å²) in [5.74, 6) is 0. The van der Waals surface area contributed by atoms with Crippen LogP contribution in [0.5, 0.6) is 0 Å². The summed E-state index contributed by atoms with van der Waals surface area (Å²) in [5.41, 5.74) is 5.76. The van der Waals surface area contributed by atoms with Crippen LogP contribution in [0.15, 0.2) is 47.4 Å². The number of nitrogen functional groups attached to an aromatic ring is 1. The molecule has 10 heteroatoms. The highest BCUT2D eigenvalue weighted by molar-refractivity contribution is 7.89. The number of hydrogen-bond acceptors (Lipinski definition) is 7. The van der Waals surface area contributed by atoms with Crippen LogP contribution in [0.2, 0.25) is 0 Å². The van der Waals surface area contributed by atoms with Gasteiger partial charge in [-0.2, -0.15) is 0 Å². The van der Waals surface area contributed by atoms with E-state index in [1.54, 1.807) is 18.2 Å². The van der Waals surface area contributed by atoms with Gasteiger partial charge in [-0.25, -0.2) is 13.1 Å². The molecule has 0 fully saturated rings. The van der Waals surface area contributed by atoms with Crippen LogP contribution in [0.1, 0.15) is 5.56 Å². The first-order chi connectivity index (χ1) is 11.8. The third-order valence-corrected chi connectivity index (χ3v) is 4.85. The van der Waals surface area contributed by atoms with Crippen LogP contribution in [0, 0.1) is 10.1 Å². The normalized spacial score (nSPS) is 11.2. The SMILES string of the molecule is Nc1cc(NCCNS(=O)(=O)c2ccccc2)cc(CO)c1[N+](=O)[O-]. The maximum atomic E-state index is 12.1. The molecule has 0 bridgehead atoms. The fourth-order valence-electron chi connectivity index (χ4n) is 2.24. The number of aliphatic hydroxyl groups excluding tert-OH is 1. The summed E-state index contributed by atoms with van der Waals surface area (Å²) in [6.45, 7) is -0.201. The lowest BCUT2D eigenvalue weighted by molar-refractivity contribution is -0.384. The molecular weight excluding hydrogens is 348 g/mol. The van der Waals surface area contributed by atoms with Crippen LogP contribution in [0.3, 0.4) is 0 Å². The minimum atomic E-state index is -3.60. The molecule has 0 aromatic heterocycles. The zero-order valence-corrected chi connectivity index (χ0v) is 14.0. The highest BCUT2D eigenvalue weighted by Crippen LogP contribution is 2.30. The molecule has 0 aliphatic rings. The van der Waals surface area contributed by atoms with E-state index in [1.165, 1.54) is 24.3 Å². The zero-order valence-electron chi connectivity index (χ0n) is 13.2. The summed E-state index contributed by atoms with van der Waals surface area (Å²) in [5, 5.41) is 23.1. The van der Waals surface area contributed by atoms with Gasteiger partial charge < -0.3 is 16.2 Å². The molecule has 0 aliphatic carbocycles. The number of benzene rings is 2. The van der Waals surface area contributed by atoms with Crippen molar-refractivity contribution >= 4 is 27.1 Å². The topological polar surface area (TPSA) is 148 Å². The molecule has 0 atom stereocenters. The Morgan fingerprint density at radius 1 is 1.16 bits per heavy atom. The van der Waals surface area contributed by atoms with Crippen molar-refractivity contribution in [1.29, 1.82) is 0 Å². The molecular formula is C15H18N4O5S. The number of sulfonamides is 1. The standard InChI is InChI=1S/C15H18N4O5S/c16-14-9-12(8-11(10-20)15(14)19(21)22)17-6-7-18-25(23,24)13-4-2-1-3-5-13/h1-5,8-9,17-18,20H,6-7,10,16H2. The Bertz CT molecular complexity index is 856. The second kappa shape index (κ2) is 7.92. The lowest BCUT2D eigenvalue weighted by Crippen LogP contribution is -2.28. The molecule has 0 unspecified atom stereocenters. The van der Waals surface area contributed by atoms with E-state index in [0.717, 1.165) is 0 Å². The number of hydrogen-bond donors (Lipinski definition) is 4. The second-order valence-electron chi connectivity index (χ2n) is 5.13. The summed E-state index contributed by atoms with van der Waals surface area (Å²) in [7, 11) is -3.60. The Balaban J connectivity index is 1.98. The quantitative estimate of drug-likeness (QED) is 0.236. The van der Waals surface area contributed by atoms with Crippen molar-refractivity contribution in [3.8, 4) is 0 Å². The van der Waals surface area contributed by atoms with E-state index in [1.807, 2.05) is 0 Å². The average molecular weight is 366 g/mol. The highest BCUT2D eigenvalue weighted by atomic mass is 32.2. The van der Waals surface area contributed by atoms with Gasteiger partial charge in [-0.05, 0) is 24.3 Å². The number of anilines is 2. The Morgan fingerprint density at radius 2 is 1.84 bits per heavy atom. The fourth-order valence-corrected chi connectivity index (χ4v) is 3.29. The summed E-state index contributed by atoms with van der Waals surface area (Å²) in [6.07, 6.45) is 0. The Labute approximate surface area is 144 Å². The van der Waals surface area contributed by atoms with Crippen LogP contribution in [0.25, 0.3) is 0 Å². The number of rotatable bonds is 8. The van der Waals surface area contributed by atoms with Gasteiger partial charge in [-0.3, -0.25) is 10.1 Å². The van der Waals surface area contributed by atoms with Gasteiger partial charge in [0, 0.05) is 18.8 Å². The molecule has 5 N–H and O–H groups in total. The van der Waals surface area contributed by atoms with Crippen molar-refractivity contribution < 1.29 is 18.4 Å². The molecule has 0 saturated carbocycles. The fraction of sp³-hybridized carbons (Fsp3) is 0.200. The molecule has 2 rings (SSSR count). The van der Waals surface area contributed by atoms with E-state index in [9.17, 15) is 23.6 Å². The van der Waals surface area contributed by atoms with Crippen LogP contribution < -0.4 is 15.8 Å². The first-order valence-electron chi connectivity index (χ1n) is 7.31. The van der Waals surface area contributed by atoms with Gasteiger partial charge >= 0.3 is 0 Å². The van der Waals surface area contributed by atoms with E-state index in [-0.39, 0.29) is 34.9 Å². The predicted octanol–water partition coefficient (Wildman–Crippen LogP) is 1.06. The van der Waals surface area contributed by atoms with Crippen molar-refractivity contribution in [2.75, 3.05) is 24.1 Å². The number of nitrogens with zero attached hydrogens (tertiary/aromatic N) is 1. The Kier molecular flexibility index (Phi) is 5.91. The molecule has 0 radical (unpaired) electrons. The maximum Gasteiger partial charge on any atom is 0.297 e. The molecule has 134 valence electrons. The molecule has 2 aromatic rings. The highest BCUT2D eigenvalue weighted by Gasteiger charge is 2.19. The number of aliphatic hydroxyl groups is 1. The van der Waals surface area contributed by atoms with Crippen LogP contribution in [-0.2, 0) is 16.6 Å². The summed E-state index contributed by atoms with van der Waals surface area (Å²) >= 11 is 0. The van der Waals surface area contributed by atoms with Crippen LogP contribution >= 0.6 is 0 Å². The number of nitro benzene ring substituents is 1. The van der Waals surface area contributed by atoms with Gasteiger partial charge in [0.1, 0.15) is 5.69 Å². The van der Waals surface area contributed by atoms with Crippen molar-refractivity contribution in [3.05, 3.63) is 58.1 Å². The molecule has 0 spiro atoms. The Morgan fingerprint density at radius 3 is 2.44 bits per heavy atom. The number of nitrogens with two attached hydrogens (primary N) is 1. The van der Waals surface area contributed by atoms with Crippen molar-refractivity contribution in [1.82, 2.24) is 4.72 Å². The van der Waals surface area contributed by atoms with Gasteiger partial charge in [0.05, 0.1) is 22.0 Å². The molecule has 25 heavy (non-hydrogen) atoms. The minimum Gasteiger partial charge on any atom is -0.393 e. The first-order valence-corrected chi connectivity index (χ1v) is 8.79. The third kappa shape index (κ3) is 4.66. The lowest BCUT2D eigenvalue weighted by Gasteiger charge is -2.11. The summed E-state index contributed by atoms with van der Waals surface area (Å²) in [4.78, 5) is 10.4.